The van der Waals surface area contributed by atoms with Crippen LogP contribution in [0.25, 0.3) is 0 Å². The first-order valence-corrected chi connectivity index (χ1v) is 8.03. The van der Waals surface area contributed by atoms with Crippen LogP contribution in [0.4, 0.5) is 0 Å². The molecular formula is C16H25I. The molecule has 0 N–H and O–H groups in total. The fourth-order valence-electron chi connectivity index (χ4n) is 2.63. The maximum Gasteiger partial charge on any atom is 0.0472 e. The molecule has 0 atom stereocenters. The van der Waals surface area contributed by atoms with Crippen LogP contribution in [0.15, 0.2) is 24.3 Å². The Kier molecular flexibility index (Phi) is 6.53. The summed E-state index contributed by atoms with van der Waals surface area (Å²) in [5.74, 6) is 0. The normalized spacial score (nSPS) is 11.8. The first kappa shape index (κ1) is 15.0. The lowest BCUT2D eigenvalue weighted by molar-refractivity contribution is 0.531. The number of alkyl halides is 1. The van der Waals surface area contributed by atoms with Crippen LogP contribution in [-0.2, 0) is 9.84 Å². The first-order valence-electron chi connectivity index (χ1n) is 6.95. The molecule has 96 valence electrons. The molecule has 1 rings (SSSR count). The van der Waals surface area contributed by atoms with Crippen LogP contribution in [0.1, 0.15) is 64.0 Å². The predicted molar refractivity (Wildman–Crippen MR) is 86.0 cm³/mol. The number of hydrogen-bond acceptors (Lipinski definition) is 0. The van der Waals surface area contributed by atoms with Crippen molar-refractivity contribution in [2.24, 2.45) is 0 Å². The van der Waals surface area contributed by atoms with Crippen molar-refractivity contribution >= 4 is 22.6 Å². The molecule has 0 saturated carbocycles. The molecule has 0 heterocycles. The van der Waals surface area contributed by atoms with Gasteiger partial charge in [-0.15, -0.1) is 0 Å². The van der Waals surface area contributed by atoms with E-state index in [4.69, 9.17) is 0 Å². The molecule has 0 fully saturated rings. The van der Waals surface area contributed by atoms with Gasteiger partial charge in [0.2, 0.25) is 0 Å². The minimum Gasteiger partial charge on any atom is -0.0736 e. The van der Waals surface area contributed by atoms with E-state index in [9.17, 15) is 0 Å². The zero-order valence-corrected chi connectivity index (χ0v) is 13.6. The van der Waals surface area contributed by atoms with Gasteiger partial charge in [-0.1, -0.05) is 86.9 Å². The van der Waals surface area contributed by atoms with Crippen molar-refractivity contribution in [1.82, 2.24) is 0 Å². The van der Waals surface area contributed by atoms with Crippen molar-refractivity contribution in [2.45, 2.75) is 62.7 Å². The molecule has 0 radical (unpaired) electrons. The second-order valence-corrected chi connectivity index (χ2v) is 6.94. The van der Waals surface area contributed by atoms with Crippen LogP contribution in [0.2, 0.25) is 0 Å². The molecule has 17 heavy (non-hydrogen) atoms. The van der Waals surface area contributed by atoms with Crippen molar-refractivity contribution < 1.29 is 0 Å². The van der Waals surface area contributed by atoms with Crippen LogP contribution in [-0.4, -0.2) is 0 Å². The average molecular weight is 344 g/mol. The van der Waals surface area contributed by atoms with E-state index in [2.05, 4.69) is 67.6 Å². The van der Waals surface area contributed by atoms with E-state index in [1.54, 1.807) is 11.1 Å². The van der Waals surface area contributed by atoms with Gasteiger partial charge in [0.15, 0.2) is 0 Å². The lowest BCUT2D eigenvalue weighted by Crippen LogP contribution is -2.19. The molecule has 0 aliphatic carbocycles. The number of rotatable bonds is 7. The van der Waals surface area contributed by atoms with Crippen LogP contribution in [0, 0.1) is 0 Å². The SMILES string of the molecule is CCCc1ccccc1C(I)(CCC)CCC. The zero-order chi connectivity index (χ0) is 12.7. The van der Waals surface area contributed by atoms with Gasteiger partial charge in [0.1, 0.15) is 0 Å². The van der Waals surface area contributed by atoms with Crippen molar-refractivity contribution in [3.8, 4) is 0 Å². The molecular weight excluding hydrogens is 319 g/mol. The maximum absolute atomic E-state index is 2.71. The third-order valence-corrected chi connectivity index (χ3v) is 4.97. The highest BCUT2D eigenvalue weighted by Crippen LogP contribution is 2.42. The summed E-state index contributed by atoms with van der Waals surface area (Å²) < 4.78 is 0.354. The zero-order valence-electron chi connectivity index (χ0n) is 11.4. The summed E-state index contributed by atoms with van der Waals surface area (Å²) >= 11 is 2.71. The van der Waals surface area contributed by atoms with Crippen molar-refractivity contribution in [2.75, 3.05) is 0 Å². The molecule has 0 unspecified atom stereocenters. The molecule has 1 aromatic rings. The number of halogens is 1. The molecule has 0 aromatic heterocycles. The molecule has 0 nitrogen and oxygen atoms in total. The summed E-state index contributed by atoms with van der Waals surface area (Å²) in [6.07, 6.45) is 7.58. The van der Waals surface area contributed by atoms with E-state index < -0.39 is 0 Å². The van der Waals surface area contributed by atoms with E-state index in [0.717, 1.165) is 0 Å². The number of aryl methyl sites for hydroxylation is 1. The van der Waals surface area contributed by atoms with Gasteiger partial charge in [0, 0.05) is 3.42 Å². The Morgan fingerprint density at radius 3 is 2.06 bits per heavy atom. The van der Waals surface area contributed by atoms with Gasteiger partial charge in [0.05, 0.1) is 0 Å². The van der Waals surface area contributed by atoms with E-state index in [0.29, 0.717) is 3.42 Å². The predicted octanol–water partition coefficient (Wildman–Crippen LogP) is 5.87. The minimum absolute atomic E-state index is 0.354. The molecule has 0 saturated heterocycles. The smallest absolute Gasteiger partial charge is 0.0472 e. The quantitative estimate of drug-likeness (QED) is 0.429. The van der Waals surface area contributed by atoms with E-state index in [-0.39, 0.29) is 0 Å². The molecule has 0 aliphatic heterocycles. The van der Waals surface area contributed by atoms with Gasteiger partial charge in [-0.05, 0) is 30.4 Å². The van der Waals surface area contributed by atoms with E-state index in [1.807, 2.05) is 0 Å². The number of hydrogen-bond donors (Lipinski definition) is 0. The Bertz CT molecular complexity index is 324. The highest BCUT2D eigenvalue weighted by Gasteiger charge is 2.28. The van der Waals surface area contributed by atoms with Crippen LogP contribution in [0.3, 0.4) is 0 Å². The average Bonchev–Trinajstić information content (AvgIpc) is 2.31. The second kappa shape index (κ2) is 7.40. The highest BCUT2D eigenvalue weighted by atomic mass is 127. The Morgan fingerprint density at radius 2 is 1.53 bits per heavy atom. The molecule has 0 spiro atoms. The lowest BCUT2D eigenvalue weighted by Gasteiger charge is -2.30. The molecule has 0 bridgehead atoms. The van der Waals surface area contributed by atoms with Gasteiger partial charge in [0.25, 0.3) is 0 Å². The van der Waals surface area contributed by atoms with Gasteiger partial charge in [-0.25, -0.2) is 0 Å². The van der Waals surface area contributed by atoms with Gasteiger partial charge < -0.3 is 0 Å². The van der Waals surface area contributed by atoms with Crippen LogP contribution in [0.5, 0.6) is 0 Å². The van der Waals surface area contributed by atoms with Gasteiger partial charge in [-0.3, -0.25) is 0 Å². The Morgan fingerprint density at radius 1 is 0.941 bits per heavy atom. The summed E-state index contributed by atoms with van der Waals surface area (Å²) in [5.41, 5.74) is 3.15. The van der Waals surface area contributed by atoms with Crippen LogP contribution >= 0.6 is 22.6 Å². The maximum atomic E-state index is 2.71. The standard InChI is InChI=1S/C16H25I/c1-4-9-14-10-7-8-11-15(14)16(17,12-5-2)13-6-3/h7-8,10-11H,4-6,9,12-13H2,1-3H3. The minimum atomic E-state index is 0.354. The fraction of sp³-hybridized carbons (Fsp3) is 0.625. The fourth-order valence-corrected chi connectivity index (χ4v) is 4.24. The third kappa shape index (κ3) is 3.97. The van der Waals surface area contributed by atoms with Crippen LogP contribution < -0.4 is 0 Å². The summed E-state index contributed by atoms with van der Waals surface area (Å²) in [4.78, 5) is 0. The molecule has 1 heteroatoms. The Labute approximate surface area is 120 Å². The Balaban J connectivity index is 3.08. The van der Waals surface area contributed by atoms with E-state index in [1.165, 1.54) is 38.5 Å². The summed E-state index contributed by atoms with van der Waals surface area (Å²) in [5, 5.41) is 0. The topological polar surface area (TPSA) is 0 Å². The summed E-state index contributed by atoms with van der Waals surface area (Å²) in [6.45, 7) is 6.86. The van der Waals surface area contributed by atoms with E-state index >= 15 is 0 Å². The largest absolute Gasteiger partial charge is 0.0736 e. The van der Waals surface area contributed by atoms with Crippen molar-refractivity contribution in [3.05, 3.63) is 35.4 Å². The van der Waals surface area contributed by atoms with Crippen molar-refractivity contribution in [3.63, 3.8) is 0 Å². The molecule has 0 aliphatic rings. The summed E-state index contributed by atoms with van der Waals surface area (Å²) in [6, 6.07) is 9.05. The molecule has 0 amide bonds. The first-order chi connectivity index (χ1) is 8.18. The Hall–Kier alpha value is -0.0500. The summed E-state index contributed by atoms with van der Waals surface area (Å²) in [7, 11) is 0. The van der Waals surface area contributed by atoms with Gasteiger partial charge in [-0.2, -0.15) is 0 Å². The highest BCUT2D eigenvalue weighted by molar-refractivity contribution is 14.1. The number of benzene rings is 1. The third-order valence-electron chi connectivity index (χ3n) is 3.31. The second-order valence-electron chi connectivity index (χ2n) is 4.87. The van der Waals surface area contributed by atoms with Crippen molar-refractivity contribution in [1.29, 1.82) is 0 Å². The molecule has 1 aromatic carbocycles. The monoisotopic (exact) mass is 344 g/mol. The van der Waals surface area contributed by atoms with Gasteiger partial charge >= 0.3 is 0 Å². The lowest BCUT2D eigenvalue weighted by atomic mass is 9.86.